The third kappa shape index (κ3) is 47.7. The van der Waals surface area contributed by atoms with Crippen molar-refractivity contribution in [3.8, 4) is 0 Å². The largest absolute Gasteiger partial charge is 0.462 e. The van der Waals surface area contributed by atoms with Gasteiger partial charge in [-0.1, -0.05) is 266 Å². The van der Waals surface area contributed by atoms with E-state index in [9.17, 15) is 14.4 Å². The van der Waals surface area contributed by atoms with Crippen molar-refractivity contribution in [2.75, 3.05) is 13.2 Å². The van der Waals surface area contributed by atoms with Gasteiger partial charge in [0.25, 0.3) is 0 Å². The molecular formula is C55H106O6. The predicted octanol–water partition coefficient (Wildman–Crippen LogP) is 17.7. The maximum Gasteiger partial charge on any atom is 0.306 e. The van der Waals surface area contributed by atoms with E-state index in [1.807, 2.05) is 0 Å². The Labute approximate surface area is 380 Å². The molecule has 0 bridgehead atoms. The molecule has 0 saturated heterocycles. The summed E-state index contributed by atoms with van der Waals surface area (Å²) >= 11 is 0. The molecule has 0 heterocycles. The van der Waals surface area contributed by atoms with Gasteiger partial charge in [0.2, 0.25) is 0 Å². The van der Waals surface area contributed by atoms with Crippen LogP contribution in [0.25, 0.3) is 0 Å². The lowest BCUT2D eigenvalue weighted by molar-refractivity contribution is -0.167. The van der Waals surface area contributed by atoms with Crippen LogP contribution in [0.1, 0.15) is 304 Å². The molecule has 6 heteroatoms. The molecule has 0 rings (SSSR count). The SMILES string of the molecule is CCCCCCCCCCCCCCCCCCC(=O)O[C@H](COC(=O)CCCCCCCCCCCCCCCCC(C)CC)COC(=O)CCCCCCCCC(C)C. The van der Waals surface area contributed by atoms with E-state index in [-0.39, 0.29) is 31.1 Å². The molecule has 6 nitrogen and oxygen atoms in total. The number of carbonyl (C=O) groups excluding carboxylic acids is 3. The van der Waals surface area contributed by atoms with Crippen LogP contribution in [0.2, 0.25) is 0 Å². The minimum absolute atomic E-state index is 0.0641. The monoisotopic (exact) mass is 863 g/mol. The predicted molar refractivity (Wildman–Crippen MR) is 261 cm³/mol. The average Bonchev–Trinajstić information content (AvgIpc) is 3.24. The van der Waals surface area contributed by atoms with E-state index in [1.165, 1.54) is 193 Å². The van der Waals surface area contributed by atoms with Crippen LogP contribution in [0.5, 0.6) is 0 Å². The average molecular weight is 863 g/mol. The summed E-state index contributed by atoms with van der Waals surface area (Å²) in [4.78, 5) is 38.0. The summed E-state index contributed by atoms with van der Waals surface area (Å²) in [6.07, 6.45) is 49.6. The molecule has 61 heavy (non-hydrogen) atoms. The first-order valence-corrected chi connectivity index (χ1v) is 27.3. The molecule has 0 spiro atoms. The number of hydrogen-bond donors (Lipinski definition) is 0. The lowest BCUT2D eigenvalue weighted by Crippen LogP contribution is -2.30. The second-order valence-corrected chi connectivity index (χ2v) is 19.6. The molecule has 0 aliphatic heterocycles. The van der Waals surface area contributed by atoms with E-state index in [4.69, 9.17) is 14.2 Å². The Hall–Kier alpha value is -1.59. The third-order valence-corrected chi connectivity index (χ3v) is 12.8. The number of ether oxygens (including phenoxy) is 3. The van der Waals surface area contributed by atoms with Crippen molar-refractivity contribution in [1.29, 1.82) is 0 Å². The highest BCUT2D eigenvalue weighted by Crippen LogP contribution is 2.18. The van der Waals surface area contributed by atoms with E-state index < -0.39 is 6.10 Å². The van der Waals surface area contributed by atoms with E-state index in [0.29, 0.717) is 19.3 Å². The van der Waals surface area contributed by atoms with E-state index >= 15 is 0 Å². The van der Waals surface area contributed by atoms with Gasteiger partial charge >= 0.3 is 17.9 Å². The molecule has 362 valence electrons. The number of rotatable bonds is 49. The molecule has 0 fully saturated rings. The topological polar surface area (TPSA) is 78.9 Å². The van der Waals surface area contributed by atoms with Crippen LogP contribution >= 0.6 is 0 Å². The lowest BCUT2D eigenvalue weighted by Gasteiger charge is -2.18. The van der Waals surface area contributed by atoms with E-state index in [0.717, 1.165) is 69.6 Å². The summed E-state index contributed by atoms with van der Waals surface area (Å²) < 4.78 is 16.8. The molecule has 0 aliphatic rings. The molecular weight excluding hydrogens is 757 g/mol. The Balaban J connectivity index is 4.24. The van der Waals surface area contributed by atoms with Crippen LogP contribution in [-0.2, 0) is 28.6 Å². The lowest BCUT2D eigenvalue weighted by atomic mass is 9.99. The van der Waals surface area contributed by atoms with Gasteiger partial charge in [0.05, 0.1) is 0 Å². The van der Waals surface area contributed by atoms with Crippen LogP contribution in [0.4, 0.5) is 0 Å². The molecule has 0 radical (unpaired) electrons. The zero-order chi connectivity index (χ0) is 44.7. The van der Waals surface area contributed by atoms with Crippen LogP contribution in [0.15, 0.2) is 0 Å². The Morgan fingerprint density at radius 1 is 0.344 bits per heavy atom. The molecule has 0 saturated carbocycles. The summed E-state index contributed by atoms with van der Waals surface area (Å²) in [6, 6.07) is 0. The van der Waals surface area contributed by atoms with Gasteiger partial charge in [-0.3, -0.25) is 14.4 Å². The van der Waals surface area contributed by atoms with Gasteiger partial charge in [-0.05, 0) is 31.1 Å². The fourth-order valence-corrected chi connectivity index (χ4v) is 8.31. The molecule has 0 aromatic rings. The second-order valence-electron chi connectivity index (χ2n) is 19.6. The van der Waals surface area contributed by atoms with Crippen LogP contribution in [-0.4, -0.2) is 37.2 Å². The maximum absolute atomic E-state index is 12.8. The van der Waals surface area contributed by atoms with Gasteiger partial charge in [0.15, 0.2) is 6.10 Å². The summed E-state index contributed by atoms with van der Waals surface area (Å²) in [7, 11) is 0. The summed E-state index contributed by atoms with van der Waals surface area (Å²) in [6.45, 7) is 11.4. The summed E-state index contributed by atoms with van der Waals surface area (Å²) in [5, 5.41) is 0. The van der Waals surface area contributed by atoms with Crippen LogP contribution in [0.3, 0.4) is 0 Å². The highest BCUT2D eigenvalue weighted by atomic mass is 16.6. The zero-order valence-corrected chi connectivity index (χ0v) is 41.8. The van der Waals surface area contributed by atoms with Gasteiger partial charge < -0.3 is 14.2 Å². The molecule has 0 aliphatic carbocycles. The minimum atomic E-state index is -0.762. The molecule has 2 atom stereocenters. The van der Waals surface area contributed by atoms with Gasteiger partial charge in [-0.15, -0.1) is 0 Å². The van der Waals surface area contributed by atoms with Crippen molar-refractivity contribution < 1.29 is 28.6 Å². The molecule has 0 N–H and O–H groups in total. The highest BCUT2D eigenvalue weighted by molar-refractivity contribution is 5.71. The first-order valence-electron chi connectivity index (χ1n) is 27.3. The Bertz CT molecular complexity index is 933. The number of unbranched alkanes of at least 4 members (excludes halogenated alkanes) is 33. The van der Waals surface area contributed by atoms with Crippen molar-refractivity contribution >= 4 is 17.9 Å². The van der Waals surface area contributed by atoms with Crippen molar-refractivity contribution in [2.24, 2.45) is 11.8 Å². The van der Waals surface area contributed by atoms with Gasteiger partial charge in [-0.2, -0.15) is 0 Å². The van der Waals surface area contributed by atoms with Crippen LogP contribution in [0, 0.1) is 11.8 Å². The van der Waals surface area contributed by atoms with Crippen molar-refractivity contribution in [2.45, 2.75) is 310 Å². The first kappa shape index (κ1) is 59.4. The van der Waals surface area contributed by atoms with Crippen molar-refractivity contribution in [3.63, 3.8) is 0 Å². The second kappa shape index (κ2) is 47.9. The van der Waals surface area contributed by atoms with E-state index in [1.54, 1.807) is 0 Å². The fourth-order valence-electron chi connectivity index (χ4n) is 8.31. The normalized spacial score (nSPS) is 12.5. The minimum Gasteiger partial charge on any atom is -0.462 e. The highest BCUT2D eigenvalue weighted by Gasteiger charge is 2.19. The third-order valence-electron chi connectivity index (χ3n) is 12.8. The molecule has 0 amide bonds. The van der Waals surface area contributed by atoms with Crippen molar-refractivity contribution in [3.05, 3.63) is 0 Å². The molecule has 0 aromatic carbocycles. The van der Waals surface area contributed by atoms with Gasteiger partial charge in [-0.25, -0.2) is 0 Å². The zero-order valence-electron chi connectivity index (χ0n) is 41.8. The number of carbonyl (C=O) groups is 3. The van der Waals surface area contributed by atoms with Crippen LogP contribution < -0.4 is 0 Å². The van der Waals surface area contributed by atoms with Gasteiger partial charge in [0.1, 0.15) is 13.2 Å². The van der Waals surface area contributed by atoms with Gasteiger partial charge in [0, 0.05) is 19.3 Å². The fraction of sp³-hybridized carbons (Fsp3) is 0.945. The smallest absolute Gasteiger partial charge is 0.306 e. The maximum atomic E-state index is 12.8. The Morgan fingerprint density at radius 3 is 0.934 bits per heavy atom. The molecule has 1 unspecified atom stereocenters. The standard InChI is InChI=1S/C55H106O6/c1-6-8-9-10-11-12-13-14-15-16-21-24-27-30-37-42-47-55(58)61-52(49-60-54(57)46-41-36-32-31-33-38-43-50(3)4)48-59-53(56)45-40-35-29-26-23-20-18-17-19-22-25-28-34-39-44-51(5)7-2/h50-52H,6-49H2,1-5H3/t51?,52-/m1/s1. The summed E-state index contributed by atoms with van der Waals surface area (Å²) in [5.74, 6) is 0.810. The number of esters is 3. The molecule has 0 aromatic heterocycles. The first-order chi connectivity index (χ1) is 29.8. The Kier molecular flexibility index (Phi) is 46.6. The van der Waals surface area contributed by atoms with Crippen molar-refractivity contribution in [1.82, 2.24) is 0 Å². The number of hydrogen-bond acceptors (Lipinski definition) is 6. The van der Waals surface area contributed by atoms with E-state index in [2.05, 4.69) is 34.6 Å². The summed E-state index contributed by atoms with van der Waals surface area (Å²) in [5.41, 5.74) is 0. The Morgan fingerprint density at radius 2 is 0.623 bits per heavy atom. The quantitative estimate of drug-likeness (QED) is 0.0344.